The largest absolute Gasteiger partial charge is 0.460 e. The molecule has 1 amide bonds. The highest BCUT2D eigenvalue weighted by atomic mass is 16.3. The first-order valence-electron chi connectivity index (χ1n) is 8.54. The summed E-state index contributed by atoms with van der Waals surface area (Å²) in [6.45, 7) is 5.98. The molecule has 3 nitrogen and oxygen atoms in total. The standard InChI is InChI=1S/C21H23NO2/c1-4-18-21(17-8-6-7-9-19(17)24-18)16-12-10-15(11-13-16)14(3)22-20(23)5-2/h6-14H,4-5H2,1-3H3,(H,22,23). The Morgan fingerprint density at radius 3 is 2.46 bits per heavy atom. The number of rotatable bonds is 5. The third-order valence-electron chi connectivity index (χ3n) is 4.39. The second kappa shape index (κ2) is 6.91. The Hall–Kier alpha value is -2.55. The Morgan fingerprint density at radius 2 is 1.79 bits per heavy atom. The molecule has 1 unspecified atom stereocenters. The van der Waals surface area contributed by atoms with Crippen molar-refractivity contribution in [2.45, 2.75) is 39.7 Å². The lowest BCUT2D eigenvalue weighted by Crippen LogP contribution is -2.25. The number of carbonyl (C=O) groups is 1. The quantitative estimate of drug-likeness (QED) is 0.697. The van der Waals surface area contributed by atoms with Crippen LogP contribution in [0, 0.1) is 0 Å². The van der Waals surface area contributed by atoms with E-state index in [9.17, 15) is 4.79 Å². The molecule has 1 heterocycles. The molecule has 1 aromatic heterocycles. The Balaban J connectivity index is 1.95. The van der Waals surface area contributed by atoms with Crippen LogP contribution in [0.1, 0.15) is 44.6 Å². The predicted octanol–water partition coefficient (Wildman–Crippen LogP) is 5.25. The van der Waals surface area contributed by atoms with Gasteiger partial charge in [0, 0.05) is 23.8 Å². The topological polar surface area (TPSA) is 42.2 Å². The van der Waals surface area contributed by atoms with E-state index in [0.717, 1.165) is 34.3 Å². The Labute approximate surface area is 142 Å². The molecule has 0 bridgehead atoms. The molecule has 0 saturated heterocycles. The summed E-state index contributed by atoms with van der Waals surface area (Å²) in [5.41, 5.74) is 4.35. The average molecular weight is 321 g/mol. The van der Waals surface area contributed by atoms with E-state index in [2.05, 4.69) is 42.6 Å². The number of nitrogens with one attached hydrogen (secondary N) is 1. The van der Waals surface area contributed by atoms with Crippen molar-refractivity contribution >= 4 is 16.9 Å². The van der Waals surface area contributed by atoms with Gasteiger partial charge in [-0.3, -0.25) is 4.79 Å². The van der Waals surface area contributed by atoms with Crippen molar-refractivity contribution < 1.29 is 9.21 Å². The molecule has 0 radical (unpaired) electrons. The van der Waals surface area contributed by atoms with Crippen LogP contribution in [-0.4, -0.2) is 5.91 Å². The molecule has 3 aromatic rings. The number of para-hydroxylation sites is 1. The first kappa shape index (κ1) is 16.3. The summed E-state index contributed by atoms with van der Waals surface area (Å²) < 4.78 is 5.99. The maximum absolute atomic E-state index is 11.6. The average Bonchev–Trinajstić information content (AvgIpc) is 3.00. The first-order chi connectivity index (χ1) is 11.6. The number of aryl methyl sites for hydroxylation is 1. The van der Waals surface area contributed by atoms with Crippen molar-refractivity contribution in [1.82, 2.24) is 5.32 Å². The van der Waals surface area contributed by atoms with Crippen LogP contribution in [0.15, 0.2) is 52.9 Å². The lowest BCUT2D eigenvalue weighted by Gasteiger charge is -2.14. The van der Waals surface area contributed by atoms with Gasteiger partial charge in [0.1, 0.15) is 11.3 Å². The second-order valence-electron chi connectivity index (χ2n) is 6.01. The Morgan fingerprint density at radius 1 is 1.08 bits per heavy atom. The molecule has 0 saturated carbocycles. The van der Waals surface area contributed by atoms with Crippen molar-refractivity contribution in [3.05, 3.63) is 59.9 Å². The van der Waals surface area contributed by atoms with Crippen molar-refractivity contribution in [2.75, 3.05) is 0 Å². The van der Waals surface area contributed by atoms with Crippen LogP contribution in [0.25, 0.3) is 22.1 Å². The summed E-state index contributed by atoms with van der Waals surface area (Å²) in [4.78, 5) is 11.6. The van der Waals surface area contributed by atoms with E-state index in [1.165, 1.54) is 5.56 Å². The summed E-state index contributed by atoms with van der Waals surface area (Å²) in [7, 11) is 0. The van der Waals surface area contributed by atoms with Gasteiger partial charge in [-0.2, -0.15) is 0 Å². The molecule has 24 heavy (non-hydrogen) atoms. The molecule has 0 aliphatic carbocycles. The number of carbonyl (C=O) groups excluding carboxylic acids is 1. The number of hydrogen-bond acceptors (Lipinski definition) is 2. The number of furan rings is 1. The van der Waals surface area contributed by atoms with Gasteiger partial charge < -0.3 is 9.73 Å². The Bertz CT molecular complexity index is 846. The fraction of sp³-hybridized carbons (Fsp3) is 0.286. The second-order valence-corrected chi connectivity index (χ2v) is 6.01. The molecule has 0 fully saturated rings. The van der Waals surface area contributed by atoms with E-state index in [1.807, 2.05) is 32.0 Å². The van der Waals surface area contributed by atoms with Gasteiger partial charge in [-0.25, -0.2) is 0 Å². The lowest BCUT2D eigenvalue weighted by molar-refractivity contribution is -0.121. The smallest absolute Gasteiger partial charge is 0.220 e. The third-order valence-corrected chi connectivity index (χ3v) is 4.39. The molecule has 124 valence electrons. The van der Waals surface area contributed by atoms with E-state index >= 15 is 0 Å². The zero-order valence-electron chi connectivity index (χ0n) is 14.4. The molecule has 2 aromatic carbocycles. The van der Waals surface area contributed by atoms with Crippen LogP contribution in [0.3, 0.4) is 0 Å². The molecule has 1 N–H and O–H groups in total. The fourth-order valence-corrected chi connectivity index (χ4v) is 3.03. The van der Waals surface area contributed by atoms with Crippen molar-refractivity contribution in [3.8, 4) is 11.1 Å². The van der Waals surface area contributed by atoms with E-state index < -0.39 is 0 Å². The van der Waals surface area contributed by atoms with Crippen LogP contribution < -0.4 is 5.32 Å². The van der Waals surface area contributed by atoms with Crippen LogP contribution in [0.2, 0.25) is 0 Å². The predicted molar refractivity (Wildman–Crippen MR) is 97.9 cm³/mol. The maximum Gasteiger partial charge on any atom is 0.220 e. The van der Waals surface area contributed by atoms with Gasteiger partial charge in [-0.05, 0) is 24.1 Å². The minimum absolute atomic E-state index is 0.0123. The van der Waals surface area contributed by atoms with Crippen LogP contribution in [-0.2, 0) is 11.2 Å². The molecule has 0 aliphatic heterocycles. The monoisotopic (exact) mass is 321 g/mol. The summed E-state index contributed by atoms with van der Waals surface area (Å²) in [5.74, 6) is 1.08. The SMILES string of the molecule is CCC(=O)NC(C)c1ccc(-c2c(CC)oc3ccccc23)cc1. The van der Waals surface area contributed by atoms with E-state index in [1.54, 1.807) is 0 Å². The van der Waals surface area contributed by atoms with Gasteiger partial charge in [0.25, 0.3) is 0 Å². The third kappa shape index (κ3) is 3.07. The number of hydrogen-bond donors (Lipinski definition) is 1. The molecular formula is C21H23NO2. The minimum atomic E-state index is 0.0123. The van der Waals surface area contributed by atoms with E-state index in [0.29, 0.717) is 6.42 Å². The molecule has 0 aliphatic rings. The van der Waals surface area contributed by atoms with Crippen molar-refractivity contribution in [3.63, 3.8) is 0 Å². The van der Waals surface area contributed by atoms with Gasteiger partial charge in [-0.1, -0.05) is 56.3 Å². The molecular weight excluding hydrogens is 298 g/mol. The zero-order valence-corrected chi connectivity index (χ0v) is 14.4. The first-order valence-corrected chi connectivity index (χ1v) is 8.54. The number of amides is 1. The molecule has 1 atom stereocenters. The normalized spacial score (nSPS) is 12.3. The number of benzene rings is 2. The summed E-state index contributed by atoms with van der Waals surface area (Å²) >= 11 is 0. The van der Waals surface area contributed by atoms with Crippen LogP contribution >= 0.6 is 0 Å². The van der Waals surface area contributed by atoms with Crippen LogP contribution in [0.5, 0.6) is 0 Å². The van der Waals surface area contributed by atoms with Gasteiger partial charge in [0.05, 0.1) is 6.04 Å². The maximum atomic E-state index is 11.6. The van der Waals surface area contributed by atoms with Gasteiger partial charge in [0.15, 0.2) is 0 Å². The molecule has 0 spiro atoms. The highest BCUT2D eigenvalue weighted by Gasteiger charge is 2.15. The van der Waals surface area contributed by atoms with E-state index in [4.69, 9.17) is 4.42 Å². The highest BCUT2D eigenvalue weighted by Crippen LogP contribution is 2.35. The molecule has 3 heteroatoms. The fourth-order valence-electron chi connectivity index (χ4n) is 3.03. The van der Waals surface area contributed by atoms with Crippen molar-refractivity contribution in [2.24, 2.45) is 0 Å². The van der Waals surface area contributed by atoms with E-state index in [-0.39, 0.29) is 11.9 Å². The summed E-state index contributed by atoms with van der Waals surface area (Å²) in [6, 6.07) is 16.5. The lowest BCUT2D eigenvalue weighted by atomic mass is 9.98. The number of fused-ring (bicyclic) bond motifs is 1. The van der Waals surface area contributed by atoms with Gasteiger partial charge in [-0.15, -0.1) is 0 Å². The minimum Gasteiger partial charge on any atom is -0.460 e. The van der Waals surface area contributed by atoms with Crippen molar-refractivity contribution in [1.29, 1.82) is 0 Å². The molecule has 3 rings (SSSR count). The van der Waals surface area contributed by atoms with Gasteiger partial charge >= 0.3 is 0 Å². The van der Waals surface area contributed by atoms with Crippen LogP contribution in [0.4, 0.5) is 0 Å². The highest BCUT2D eigenvalue weighted by molar-refractivity contribution is 5.95. The van der Waals surface area contributed by atoms with Gasteiger partial charge in [0.2, 0.25) is 5.91 Å². The zero-order chi connectivity index (χ0) is 17.1. The summed E-state index contributed by atoms with van der Waals surface area (Å²) in [6.07, 6.45) is 1.36. The summed E-state index contributed by atoms with van der Waals surface area (Å²) in [5, 5.41) is 4.14. The Kier molecular flexibility index (Phi) is 4.70.